The Morgan fingerprint density at radius 1 is 0.969 bits per heavy atom. The van der Waals surface area contributed by atoms with Gasteiger partial charge in [0.15, 0.2) is 0 Å². The summed E-state index contributed by atoms with van der Waals surface area (Å²) in [6.45, 7) is 6.81. The molecule has 0 bridgehead atoms. The number of aryl methyl sites for hydroxylation is 1. The summed E-state index contributed by atoms with van der Waals surface area (Å²) >= 11 is 0. The number of hydrogen-bond donors (Lipinski definition) is 0. The Bertz CT molecular complexity index is 878. The first-order chi connectivity index (χ1) is 15.3. The number of carbonyl (C=O) groups is 3. The van der Waals surface area contributed by atoms with Crippen molar-refractivity contribution in [2.24, 2.45) is 7.05 Å². The van der Waals surface area contributed by atoms with Crippen molar-refractivity contribution in [3.8, 4) is 0 Å². The Kier molecular flexibility index (Phi) is 9.98. The van der Waals surface area contributed by atoms with E-state index in [4.69, 9.17) is 4.74 Å². The standard InChI is InChI=1S/C25H35N3O4/c1-5-20(3)28(23(29)14-15-25(31)32-6-2)19-24(30)27(17-21-11-8-7-9-12-21)18-22-13-10-16-26(22)4/h7-13,16,20H,5-6,14-15,17-19H2,1-4H3. The van der Waals surface area contributed by atoms with Crippen LogP contribution in [0, 0.1) is 0 Å². The van der Waals surface area contributed by atoms with Gasteiger partial charge in [-0.15, -0.1) is 0 Å². The molecule has 7 nitrogen and oxygen atoms in total. The third-order valence-electron chi connectivity index (χ3n) is 5.57. The van der Waals surface area contributed by atoms with Gasteiger partial charge in [0, 0.05) is 37.9 Å². The predicted molar refractivity (Wildman–Crippen MR) is 123 cm³/mol. The highest BCUT2D eigenvalue weighted by Gasteiger charge is 2.25. The van der Waals surface area contributed by atoms with E-state index >= 15 is 0 Å². The minimum atomic E-state index is -0.398. The van der Waals surface area contributed by atoms with Crippen molar-refractivity contribution < 1.29 is 19.1 Å². The topological polar surface area (TPSA) is 71.8 Å². The van der Waals surface area contributed by atoms with Crippen LogP contribution in [0.25, 0.3) is 0 Å². The highest BCUT2D eigenvalue weighted by Crippen LogP contribution is 2.14. The largest absolute Gasteiger partial charge is 0.466 e. The lowest BCUT2D eigenvalue weighted by Crippen LogP contribution is -2.46. The quantitative estimate of drug-likeness (QED) is 0.473. The van der Waals surface area contributed by atoms with Crippen molar-refractivity contribution in [2.75, 3.05) is 13.2 Å². The van der Waals surface area contributed by atoms with Gasteiger partial charge >= 0.3 is 5.97 Å². The Morgan fingerprint density at radius 3 is 2.28 bits per heavy atom. The lowest BCUT2D eigenvalue weighted by molar-refractivity contribution is -0.147. The first kappa shape index (κ1) is 25.2. The average Bonchev–Trinajstić information content (AvgIpc) is 3.19. The summed E-state index contributed by atoms with van der Waals surface area (Å²) in [6.07, 6.45) is 2.72. The molecule has 0 saturated heterocycles. The molecular formula is C25H35N3O4. The van der Waals surface area contributed by atoms with Gasteiger partial charge in [0.2, 0.25) is 11.8 Å². The lowest BCUT2D eigenvalue weighted by atomic mass is 10.1. The average molecular weight is 442 g/mol. The minimum Gasteiger partial charge on any atom is -0.466 e. The van der Waals surface area contributed by atoms with Gasteiger partial charge < -0.3 is 19.1 Å². The Hall–Kier alpha value is -3.09. The highest BCUT2D eigenvalue weighted by molar-refractivity contribution is 5.86. The second-order valence-corrected chi connectivity index (χ2v) is 7.93. The van der Waals surface area contributed by atoms with Gasteiger partial charge in [-0.3, -0.25) is 14.4 Å². The molecule has 2 aromatic rings. The fourth-order valence-corrected chi connectivity index (χ4v) is 3.43. The number of benzene rings is 1. The molecule has 1 unspecified atom stereocenters. The van der Waals surface area contributed by atoms with Crippen LogP contribution in [0.15, 0.2) is 48.7 Å². The van der Waals surface area contributed by atoms with Crippen molar-refractivity contribution in [2.45, 2.75) is 59.2 Å². The summed E-state index contributed by atoms with van der Waals surface area (Å²) in [5, 5.41) is 0. The molecule has 0 spiro atoms. The molecule has 1 heterocycles. The number of hydrogen-bond acceptors (Lipinski definition) is 4. The van der Waals surface area contributed by atoms with E-state index in [2.05, 4.69) is 0 Å². The normalized spacial score (nSPS) is 11.6. The SMILES string of the molecule is CCOC(=O)CCC(=O)N(CC(=O)N(Cc1ccccc1)Cc1cccn1C)C(C)CC. The first-order valence-corrected chi connectivity index (χ1v) is 11.2. The number of aromatic nitrogens is 1. The van der Waals surface area contributed by atoms with Crippen LogP contribution < -0.4 is 0 Å². The minimum absolute atomic E-state index is 0.0187. The van der Waals surface area contributed by atoms with E-state index in [0.29, 0.717) is 13.1 Å². The van der Waals surface area contributed by atoms with Crippen molar-refractivity contribution in [3.05, 3.63) is 59.9 Å². The number of nitrogens with zero attached hydrogens (tertiary/aromatic N) is 3. The smallest absolute Gasteiger partial charge is 0.306 e. The molecule has 32 heavy (non-hydrogen) atoms. The molecule has 0 radical (unpaired) electrons. The van der Waals surface area contributed by atoms with E-state index in [9.17, 15) is 14.4 Å². The summed E-state index contributed by atoms with van der Waals surface area (Å²) in [5.74, 6) is -0.732. The number of ether oxygens (including phenoxy) is 1. The highest BCUT2D eigenvalue weighted by atomic mass is 16.5. The van der Waals surface area contributed by atoms with Crippen LogP contribution in [-0.4, -0.2) is 51.3 Å². The summed E-state index contributed by atoms with van der Waals surface area (Å²) in [7, 11) is 1.95. The van der Waals surface area contributed by atoms with Gasteiger partial charge in [-0.05, 0) is 38.0 Å². The molecule has 1 aromatic carbocycles. The van der Waals surface area contributed by atoms with Crippen LogP contribution in [0.4, 0.5) is 0 Å². The molecule has 0 saturated carbocycles. The van der Waals surface area contributed by atoms with Gasteiger partial charge in [0.25, 0.3) is 0 Å². The Balaban J connectivity index is 2.15. The van der Waals surface area contributed by atoms with E-state index in [1.54, 1.807) is 16.7 Å². The van der Waals surface area contributed by atoms with Crippen LogP contribution in [0.3, 0.4) is 0 Å². The molecule has 7 heteroatoms. The number of amides is 2. The van der Waals surface area contributed by atoms with Crippen molar-refractivity contribution in [3.63, 3.8) is 0 Å². The summed E-state index contributed by atoms with van der Waals surface area (Å²) in [6, 6.07) is 13.6. The zero-order chi connectivity index (χ0) is 23.5. The number of rotatable bonds is 12. The molecular weight excluding hydrogens is 406 g/mol. The third-order valence-corrected chi connectivity index (χ3v) is 5.57. The van der Waals surface area contributed by atoms with Crippen molar-refractivity contribution >= 4 is 17.8 Å². The van der Waals surface area contributed by atoms with Crippen LogP contribution in [0.1, 0.15) is 51.3 Å². The second-order valence-electron chi connectivity index (χ2n) is 7.93. The number of esters is 1. The summed E-state index contributed by atoms with van der Waals surface area (Å²) < 4.78 is 6.92. The molecule has 1 aromatic heterocycles. The van der Waals surface area contributed by atoms with E-state index < -0.39 is 5.97 Å². The molecule has 0 fully saturated rings. The zero-order valence-corrected chi connectivity index (χ0v) is 19.6. The maximum absolute atomic E-state index is 13.4. The fourth-order valence-electron chi connectivity index (χ4n) is 3.43. The fraction of sp³-hybridized carbons (Fsp3) is 0.480. The van der Waals surface area contributed by atoms with Crippen LogP contribution in [0.5, 0.6) is 0 Å². The zero-order valence-electron chi connectivity index (χ0n) is 19.6. The lowest BCUT2D eigenvalue weighted by Gasteiger charge is -2.31. The Labute approximate surface area is 190 Å². The van der Waals surface area contributed by atoms with Gasteiger partial charge in [0.05, 0.1) is 19.6 Å². The van der Waals surface area contributed by atoms with Crippen molar-refractivity contribution in [1.82, 2.24) is 14.4 Å². The van der Waals surface area contributed by atoms with Crippen LogP contribution >= 0.6 is 0 Å². The van der Waals surface area contributed by atoms with Gasteiger partial charge in [-0.2, -0.15) is 0 Å². The molecule has 0 aliphatic heterocycles. The molecule has 2 amide bonds. The van der Waals surface area contributed by atoms with Gasteiger partial charge in [-0.1, -0.05) is 37.3 Å². The molecule has 0 N–H and O–H groups in total. The molecule has 0 aliphatic carbocycles. The Morgan fingerprint density at radius 2 is 1.69 bits per heavy atom. The summed E-state index contributed by atoms with van der Waals surface area (Å²) in [4.78, 5) is 41.3. The molecule has 174 valence electrons. The van der Waals surface area contributed by atoms with Crippen LogP contribution in [-0.2, 0) is 39.3 Å². The monoisotopic (exact) mass is 441 g/mol. The molecule has 2 rings (SSSR count). The summed E-state index contributed by atoms with van der Waals surface area (Å²) in [5.41, 5.74) is 2.04. The maximum Gasteiger partial charge on any atom is 0.306 e. The molecule has 1 atom stereocenters. The predicted octanol–water partition coefficient (Wildman–Crippen LogP) is 3.52. The van der Waals surface area contributed by atoms with E-state index in [1.807, 2.05) is 74.1 Å². The van der Waals surface area contributed by atoms with E-state index in [-0.39, 0.29) is 43.8 Å². The maximum atomic E-state index is 13.4. The molecule has 0 aliphatic rings. The third kappa shape index (κ3) is 7.55. The number of carbonyl (C=O) groups excluding carboxylic acids is 3. The van der Waals surface area contributed by atoms with Gasteiger partial charge in [-0.25, -0.2) is 0 Å². The van der Waals surface area contributed by atoms with Crippen molar-refractivity contribution in [1.29, 1.82) is 0 Å². The second kappa shape index (κ2) is 12.7. The first-order valence-electron chi connectivity index (χ1n) is 11.2. The van der Waals surface area contributed by atoms with E-state index in [0.717, 1.165) is 17.7 Å². The van der Waals surface area contributed by atoms with Crippen LogP contribution in [0.2, 0.25) is 0 Å². The van der Waals surface area contributed by atoms with Gasteiger partial charge in [0.1, 0.15) is 6.54 Å². The van der Waals surface area contributed by atoms with E-state index in [1.165, 1.54) is 0 Å².